The molecule has 18 heavy (non-hydrogen) atoms. The van der Waals surface area contributed by atoms with Crippen molar-refractivity contribution in [1.29, 1.82) is 0 Å². The van der Waals surface area contributed by atoms with E-state index < -0.39 is 21.6 Å². The van der Waals surface area contributed by atoms with Crippen LogP contribution in [0.25, 0.3) is 0 Å². The van der Waals surface area contributed by atoms with Gasteiger partial charge < -0.3 is 0 Å². The molecule has 0 heterocycles. The Kier molecular flexibility index (Phi) is 4.39. The average molecular weight is 281 g/mol. The molecule has 0 amide bonds. The molecule has 1 aromatic carbocycles. The van der Waals surface area contributed by atoms with E-state index in [0.717, 1.165) is 11.1 Å². The molecule has 102 valence electrons. The summed E-state index contributed by atoms with van der Waals surface area (Å²) in [6.45, 7) is 3.22. The fourth-order valence-corrected chi connectivity index (χ4v) is 2.29. The second-order valence-electron chi connectivity index (χ2n) is 4.10. The predicted octanol–water partition coefficient (Wildman–Crippen LogP) is 2.37. The smallest absolute Gasteiger partial charge is 0.204 e. The lowest BCUT2D eigenvalue weighted by Gasteiger charge is -2.16. The molecule has 1 atom stereocenters. The summed E-state index contributed by atoms with van der Waals surface area (Å²) in [5.74, 6) is 0. The summed E-state index contributed by atoms with van der Waals surface area (Å²) in [4.78, 5) is 0. The van der Waals surface area contributed by atoms with Gasteiger partial charge in [-0.25, -0.2) is 13.1 Å². The van der Waals surface area contributed by atoms with Gasteiger partial charge in [0, 0.05) is 6.04 Å². The molecule has 7 heteroatoms. The maximum atomic E-state index is 12.2. The number of rotatable bonds is 4. The Labute approximate surface area is 104 Å². The van der Waals surface area contributed by atoms with Gasteiger partial charge in [0.05, 0.1) is 0 Å². The lowest BCUT2D eigenvalue weighted by molar-refractivity contribution is -0.0450. The van der Waals surface area contributed by atoms with Crippen LogP contribution in [0.5, 0.6) is 0 Å². The molecule has 1 N–H and O–H groups in total. The van der Waals surface area contributed by atoms with Crippen molar-refractivity contribution >= 4 is 10.0 Å². The molecule has 3 nitrogen and oxygen atoms in total. The van der Waals surface area contributed by atoms with E-state index in [0.29, 0.717) is 0 Å². The van der Waals surface area contributed by atoms with Gasteiger partial charge in [-0.15, -0.1) is 0 Å². The molecule has 0 saturated carbocycles. The van der Waals surface area contributed by atoms with Crippen LogP contribution in [-0.2, 0) is 16.4 Å². The van der Waals surface area contributed by atoms with Gasteiger partial charge in [0.1, 0.15) is 0 Å². The minimum absolute atomic E-state index is 0.210. The Morgan fingerprint density at radius 3 is 2.33 bits per heavy atom. The van der Waals surface area contributed by atoms with Crippen molar-refractivity contribution in [2.75, 3.05) is 0 Å². The average Bonchev–Trinajstić information content (AvgIpc) is 2.19. The highest BCUT2D eigenvalue weighted by atomic mass is 32.2. The summed E-state index contributed by atoms with van der Waals surface area (Å²) in [5, 5.41) is 0. The first-order valence-corrected chi connectivity index (χ1v) is 6.75. The maximum Gasteiger partial charge on any atom is 0.511 e. The number of hydrogen-bond donors (Lipinski definition) is 1. The first-order chi connectivity index (χ1) is 8.13. The van der Waals surface area contributed by atoms with Crippen LogP contribution in [0.3, 0.4) is 0 Å². The van der Waals surface area contributed by atoms with Gasteiger partial charge in [0.25, 0.3) is 0 Å². The van der Waals surface area contributed by atoms with E-state index in [1.54, 1.807) is 16.9 Å². The van der Waals surface area contributed by atoms with Crippen molar-refractivity contribution in [2.24, 2.45) is 0 Å². The van der Waals surface area contributed by atoms with E-state index in [1.165, 1.54) is 6.92 Å². The fourth-order valence-electron chi connectivity index (χ4n) is 1.54. The van der Waals surface area contributed by atoms with E-state index in [2.05, 4.69) is 0 Å². The Hall–Kier alpha value is -1.08. The van der Waals surface area contributed by atoms with Gasteiger partial charge in [-0.1, -0.05) is 24.3 Å². The van der Waals surface area contributed by atoms with Crippen LogP contribution in [0.1, 0.15) is 18.1 Å². The zero-order valence-corrected chi connectivity index (χ0v) is 10.8. The second kappa shape index (κ2) is 5.27. The van der Waals surface area contributed by atoms with Crippen LogP contribution < -0.4 is 4.72 Å². The van der Waals surface area contributed by atoms with Gasteiger partial charge in [-0.2, -0.15) is 13.2 Å². The van der Waals surface area contributed by atoms with Crippen molar-refractivity contribution in [3.05, 3.63) is 35.4 Å². The molecular weight excluding hydrogens is 267 g/mol. The van der Waals surface area contributed by atoms with E-state index in [1.807, 2.05) is 19.1 Å². The number of benzene rings is 1. The summed E-state index contributed by atoms with van der Waals surface area (Å²) in [7, 11) is -5.28. The summed E-state index contributed by atoms with van der Waals surface area (Å²) in [5.41, 5.74) is -3.54. The van der Waals surface area contributed by atoms with Gasteiger partial charge >= 0.3 is 15.5 Å². The minimum atomic E-state index is -5.28. The highest BCUT2D eigenvalue weighted by molar-refractivity contribution is 7.90. The molecule has 0 saturated heterocycles. The van der Waals surface area contributed by atoms with Crippen LogP contribution in [0.4, 0.5) is 13.2 Å². The Balaban J connectivity index is 2.75. The summed E-state index contributed by atoms with van der Waals surface area (Å²) < 4.78 is 59.9. The molecule has 0 fully saturated rings. The first-order valence-electron chi connectivity index (χ1n) is 5.26. The Morgan fingerprint density at radius 2 is 1.83 bits per heavy atom. The van der Waals surface area contributed by atoms with Crippen LogP contribution in [0.15, 0.2) is 24.3 Å². The molecule has 1 unspecified atom stereocenters. The summed E-state index contributed by atoms with van der Waals surface area (Å²) in [6, 6.07) is 6.32. The lowest BCUT2D eigenvalue weighted by Crippen LogP contribution is -2.42. The number of halogens is 3. The van der Waals surface area contributed by atoms with E-state index in [4.69, 9.17) is 0 Å². The zero-order chi connectivity index (χ0) is 14.0. The van der Waals surface area contributed by atoms with Gasteiger partial charge in [-0.3, -0.25) is 0 Å². The zero-order valence-electron chi connectivity index (χ0n) is 9.95. The lowest BCUT2D eigenvalue weighted by atomic mass is 10.0. The van der Waals surface area contributed by atoms with Gasteiger partial charge in [0.2, 0.25) is 0 Å². The number of aryl methyl sites for hydroxylation is 1. The molecule has 0 aliphatic heterocycles. The highest BCUT2D eigenvalue weighted by Gasteiger charge is 2.46. The first kappa shape index (κ1) is 15.0. The van der Waals surface area contributed by atoms with E-state index >= 15 is 0 Å². The molecular formula is C11H14F3NO2S. The van der Waals surface area contributed by atoms with E-state index in [-0.39, 0.29) is 6.42 Å². The molecule has 0 aliphatic carbocycles. The number of nitrogens with one attached hydrogen (secondary N) is 1. The number of sulfonamides is 1. The molecule has 0 bridgehead atoms. The summed E-state index contributed by atoms with van der Waals surface area (Å²) >= 11 is 0. The summed E-state index contributed by atoms with van der Waals surface area (Å²) in [6.07, 6.45) is 0.210. The Morgan fingerprint density at radius 1 is 1.28 bits per heavy atom. The molecule has 1 aromatic rings. The van der Waals surface area contributed by atoms with Gasteiger partial charge in [0.15, 0.2) is 0 Å². The van der Waals surface area contributed by atoms with Crippen LogP contribution in [-0.4, -0.2) is 20.0 Å². The second-order valence-corrected chi connectivity index (χ2v) is 5.80. The van der Waals surface area contributed by atoms with Crippen molar-refractivity contribution in [2.45, 2.75) is 31.8 Å². The van der Waals surface area contributed by atoms with Gasteiger partial charge in [-0.05, 0) is 31.4 Å². The molecule has 0 aliphatic rings. The molecule has 0 spiro atoms. The molecule has 1 rings (SSSR count). The van der Waals surface area contributed by atoms with Crippen LogP contribution in [0.2, 0.25) is 0 Å². The monoisotopic (exact) mass is 281 g/mol. The maximum absolute atomic E-state index is 12.2. The molecule has 0 aromatic heterocycles. The predicted molar refractivity (Wildman–Crippen MR) is 62.5 cm³/mol. The third-order valence-corrected chi connectivity index (χ3v) is 3.77. The third kappa shape index (κ3) is 3.71. The van der Waals surface area contributed by atoms with Crippen LogP contribution in [0, 0.1) is 6.92 Å². The normalized spacial score (nSPS) is 14.5. The van der Waals surface area contributed by atoms with Crippen molar-refractivity contribution in [3.63, 3.8) is 0 Å². The van der Waals surface area contributed by atoms with E-state index in [9.17, 15) is 21.6 Å². The molecule has 0 radical (unpaired) electrons. The largest absolute Gasteiger partial charge is 0.511 e. The highest BCUT2D eigenvalue weighted by Crippen LogP contribution is 2.22. The standard InChI is InChI=1S/C11H14F3NO2S/c1-8-5-3-4-6-10(8)7-9(2)15-18(16,17)11(12,13)14/h3-6,9,15H,7H2,1-2H3. The minimum Gasteiger partial charge on any atom is -0.204 e. The van der Waals surface area contributed by atoms with Crippen molar-refractivity contribution in [3.8, 4) is 0 Å². The fraction of sp³-hybridized carbons (Fsp3) is 0.455. The van der Waals surface area contributed by atoms with Crippen molar-refractivity contribution in [1.82, 2.24) is 4.72 Å². The number of hydrogen-bond acceptors (Lipinski definition) is 2. The number of alkyl halides is 3. The quantitative estimate of drug-likeness (QED) is 0.921. The topological polar surface area (TPSA) is 46.2 Å². The Bertz CT molecular complexity index is 511. The SMILES string of the molecule is Cc1ccccc1CC(C)NS(=O)(=O)C(F)(F)F. The van der Waals surface area contributed by atoms with Crippen LogP contribution >= 0.6 is 0 Å². The van der Waals surface area contributed by atoms with Crippen molar-refractivity contribution < 1.29 is 21.6 Å². The third-order valence-electron chi connectivity index (χ3n) is 2.45.